The molecule has 122 valence electrons. The van der Waals surface area contributed by atoms with Crippen LogP contribution in [-0.4, -0.2) is 13.3 Å². The Morgan fingerprint density at radius 1 is 0.550 bits per heavy atom. The van der Waals surface area contributed by atoms with E-state index in [4.69, 9.17) is 10.5 Å². The summed E-state index contributed by atoms with van der Waals surface area (Å²) in [5, 5.41) is 0. The Morgan fingerprint density at radius 2 is 0.900 bits per heavy atom. The van der Waals surface area contributed by atoms with Crippen molar-refractivity contribution in [1.82, 2.24) is 0 Å². The largest absolute Gasteiger partial charge is 0.367 e. The topological polar surface area (TPSA) is 35.2 Å². The van der Waals surface area contributed by atoms with Gasteiger partial charge in [-0.05, 0) is 6.42 Å². The van der Waals surface area contributed by atoms with Crippen molar-refractivity contribution in [2.45, 2.75) is 103 Å². The smallest absolute Gasteiger partial charge is 0.0940 e. The first kappa shape index (κ1) is 19.9. The molecule has 2 nitrogen and oxygen atoms in total. The average molecular weight is 286 g/mol. The van der Waals surface area contributed by atoms with Gasteiger partial charge in [0.05, 0.1) is 6.73 Å². The molecule has 0 aromatic rings. The second-order valence-electron chi connectivity index (χ2n) is 6.02. The average Bonchev–Trinajstić information content (AvgIpc) is 2.47. The van der Waals surface area contributed by atoms with Crippen LogP contribution in [-0.2, 0) is 4.74 Å². The van der Waals surface area contributed by atoms with Gasteiger partial charge < -0.3 is 10.5 Å². The van der Waals surface area contributed by atoms with Crippen LogP contribution in [0, 0.1) is 0 Å². The Balaban J connectivity index is 2.89. The van der Waals surface area contributed by atoms with E-state index in [-0.39, 0.29) is 0 Å². The third kappa shape index (κ3) is 17.9. The van der Waals surface area contributed by atoms with E-state index in [0.29, 0.717) is 6.73 Å². The summed E-state index contributed by atoms with van der Waals surface area (Å²) in [6, 6.07) is 0. The Morgan fingerprint density at radius 3 is 1.25 bits per heavy atom. The van der Waals surface area contributed by atoms with Gasteiger partial charge in [0.2, 0.25) is 0 Å². The highest BCUT2D eigenvalue weighted by Crippen LogP contribution is 2.13. The lowest BCUT2D eigenvalue weighted by atomic mass is 10.0. The van der Waals surface area contributed by atoms with Crippen molar-refractivity contribution in [2.75, 3.05) is 13.3 Å². The standard InChI is InChI=1S/C18H39NO/c1-2-3-4-5-6-7-8-9-10-11-12-13-14-15-16-17-20-18-19/h2-19H2,1H3. The maximum absolute atomic E-state index is 5.27. The molecule has 0 aliphatic carbocycles. The molecule has 0 saturated heterocycles. The van der Waals surface area contributed by atoms with E-state index >= 15 is 0 Å². The van der Waals surface area contributed by atoms with Crippen molar-refractivity contribution in [3.63, 3.8) is 0 Å². The predicted molar refractivity (Wildman–Crippen MR) is 89.9 cm³/mol. The zero-order valence-corrected chi connectivity index (χ0v) is 14.0. The van der Waals surface area contributed by atoms with Crippen LogP contribution < -0.4 is 5.73 Å². The minimum atomic E-state index is 0.374. The summed E-state index contributed by atoms with van der Waals surface area (Å²) < 4.78 is 5.12. The lowest BCUT2D eigenvalue weighted by Crippen LogP contribution is -2.05. The summed E-state index contributed by atoms with van der Waals surface area (Å²) in [6.07, 6.45) is 21.1. The van der Waals surface area contributed by atoms with Crippen LogP contribution in [0.25, 0.3) is 0 Å². The van der Waals surface area contributed by atoms with E-state index in [1.54, 1.807) is 0 Å². The van der Waals surface area contributed by atoms with Crippen molar-refractivity contribution in [3.8, 4) is 0 Å². The molecule has 0 aliphatic heterocycles. The molecular weight excluding hydrogens is 246 g/mol. The van der Waals surface area contributed by atoms with Gasteiger partial charge in [0.1, 0.15) is 0 Å². The molecule has 0 atom stereocenters. The molecule has 0 aromatic carbocycles. The molecule has 0 unspecified atom stereocenters. The summed E-state index contributed by atoms with van der Waals surface area (Å²) >= 11 is 0. The third-order valence-corrected chi connectivity index (χ3v) is 4.01. The molecule has 0 rings (SSSR count). The zero-order valence-electron chi connectivity index (χ0n) is 14.0. The number of hydrogen-bond donors (Lipinski definition) is 1. The first-order valence-electron chi connectivity index (χ1n) is 9.19. The van der Waals surface area contributed by atoms with Crippen LogP contribution >= 0.6 is 0 Å². The van der Waals surface area contributed by atoms with Crippen molar-refractivity contribution in [2.24, 2.45) is 5.73 Å². The minimum absolute atomic E-state index is 0.374. The molecule has 0 aliphatic rings. The normalized spacial score (nSPS) is 11.1. The Labute approximate surface area is 127 Å². The third-order valence-electron chi connectivity index (χ3n) is 4.01. The van der Waals surface area contributed by atoms with Gasteiger partial charge in [-0.2, -0.15) is 0 Å². The highest BCUT2D eigenvalue weighted by atomic mass is 16.5. The molecule has 20 heavy (non-hydrogen) atoms. The summed E-state index contributed by atoms with van der Waals surface area (Å²) in [5.41, 5.74) is 5.27. The Kier molecular flexibility index (Phi) is 18.8. The molecule has 0 saturated carbocycles. The van der Waals surface area contributed by atoms with Crippen molar-refractivity contribution >= 4 is 0 Å². The molecule has 0 heterocycles. The zero-order chi connectivity index (χ0) is 14.7. The predicted octanol–water partition coefficient (Wildman–Crippen LogP) is 5.79. The SMILES string of the molecule is CCCCCCCCCCCCCCCCCOCN. The molecule has 2 heteroatoms. The molecule has 0 amide bonds. The van der Waals surface area contributed by atoms with E-state index < -0.39 is 0 Å². The van der Waals surface area contributed by atoms with Gasteiger partial charge in [0, 0.05) is 6.61 Å². The highest BCUT2D eigenvalue weighted by molar-refractivity contribution is 4.49. The fraction of sp³-hybridized carbons (Fsp3) is 1.00. The summed E-state index contributed by atoms with van der Waals surface area (Å²) in [5.74, 6) is 0. The van der Waals surface area contributed by atoms with Gasteiger partial charge in [-0.3, -0.25) is 0 Å². The maximum atomic E-state index is 5.27. The van der Waals surface area contributed by atoms with Crippen LogP contribution in [0.15, 0.2) is 0 Å². The molecule has 0 fully saturated rings. The number of rotatable bonds is 17. The monoisotopic (exact) mass is 285 g/mol. The van der Waals surface area contributed by atoms with Gasteiger partial charge in [-0.25, -0.2) is 0 Å². The van der Waals surface area contributed by atoms with E-state index in [1.165, 1.54) is 96.3 Å². The van der Waals surface area contributed by atoms with Crippen LogP contribution in [0.4, 0.5) is 0 Å². The van der Waals surface area contributed by atoms with Crippen LogP contribution in [0.3, 0.4) is 0 Å². The quantitative estimate of drug-likeness (QED) is 0.271. The highest BCUT2D eigenvalue weighted by Gasteiger charge is 1.94. The van der Waals surface area contributed by atoms with Gasteiger partial charge in [0.25, 0.3) is 0 Å². The Hall–Kier alpha value is -0.0800. The summed E-state index contributed by atoms with van der Waals surface area (Å²) in [7, 11) is 0. The van der Waals surface area contributed by atoms with Crippen molar-refractivity contribution < 1.29 is 4.74 Å². The van der Waals surface area contributed by atoms with Crippen LogP contribution in [0.2, 0.25) is 0 Å². The molecular formula is C18H39NO. The molecule has 0 bridgehead atoms. The maximum Gasteiger partial charge on any atom is 0.0940 e. The number of hydrogen-bond acceptors (Lipinski definition) is 2. The van der Waals surface area contributed by atoms with E-state index in [1.807, 2.05) is 0 Å². The van der Waals surface area contributed by atoms with E-state index in [2.05, 4.69) is 6.92 Å². The van der Waals surface area contributed by atoms with Gasteiger partial charge in [-0.15, -0.1) is 0 Å². The van der Waals surface area contributed by atoms with Gasteiger partial charge in [-0.1, -0.05) is 96.8 Å². The lowest BCUT2D eigenvalue weighted by molar-refractivity contribution is 0.136. The second kappa shape index (κ2) is 18.9. The minimum Gasteiger partial charge on any atom is -0.367 e. The number of ether oxygens (including phenoxy) is 1. The van der Waals surface area contributed by atoms with E-state index in [9.17, 15) is 0 Å². The second-order valence-corrected chi connectivity index (χ2v) is 6.02. The number of nitrogens with two attached hydrogens (primary N) is 1. The van der Waals surface area contributed by atoms with E-state index in [0.717, 1.165) is 6.61 Å². The van der Waals surface area contributed by atoms with Gasteiger partial charge in [0.15, 0.2) is 0 Å². The fourth-order valence-corrected chi connectivity index (χ4v) is 2.66. The van der Waals surface area contributed by atoms with Crippen LogP contribution in [0.5, 0.6) is 0 Å². The number of unbranched alkanes of at least 4 members (excludes halogenated alkanes) is 14. The van der Waals surface area contributed by atoms with Crippen LogP contribution in [0.1, 0.15) is 103 Å². The lowest BCUT2D eigenvalue weighted by Gasteiger charge is -2.03. The summed E-state index contributed by atoms with van der Waals surface area (Å²) in [4.78, 5) is 0. The molecule has 0 radical (unpaired) electrons. The molecule has 0 spiro atoms. The Bertz CT molecular complexity index is 143. The molecule has 2 N–H and O–H groups in total. The van der Waals surface area contributed by atoms with Crippen molar-refractivity contribution in [1.29, 1.82) is 0 Å². The summed E-state index contributed by atoms with van der Waals surface area (Å²) in [6.45, 7) is 3.50. The first-order chi connectivity index (χ1) is 9.91. The van der Waals surface area contributed by atoms with Crippen molar-refractivity contribution in [3.05, 3.63) is 0 Å². The van der Waals surface area contributed by atoms with Gasteiger partial charge >= 0.3 is 0 Å². The molecule has 0 aromatic heterocycles. The fourth-order valence-electron chi connectivity index (χ4n) is 2.66. The first-order valence-corrected chi connectivity index (χ1v) is 9.19.